The Labute approximate surface area is 246 Å². The predicted octanol–water partition coefficient (Wildman–Crippen LogP) is 0.336. The second kappa shape index (κ2) is 17.3. The van der Waals surface area contributed by atoms with Crippen LogP contribution in [-0.2, 0) is 25.7 Å². The number of benzene rings is 2. The van der Waals surface area contributed by atoms with Gasteiger partial charge in [-0.15, -0.1) is 0 Å². The van der Waals surface area contributed by atoms with E-state index < -0.39 is 43.0 Å². The second-order valence-corrected chi connectivity index (χ2v) is 9.10. The highest BCUT2D eigenvalue weighted by molar-refractivity contribution is 5.89. The standard InChI is InChI=1S/C18H26N6O6.C10H9NO2/c19-17(20)21-8-4-7-13(16(27)28)24-15(26)10-22-14(25)9-23-18(29)30-11-12-5-2-1-3-6-12;1-6-4-10(12)13-9-5-7(11)2-3-8(6)9/h1-3,5-6,13H,4,7-11H2,(H,22,25)(H,23,29)(H,24,26)(H,27,28)(H4,19,20,21);2-5H,11H2,1H3. The van der Waals surface area contributed by atoms with Gasteiger partial charge in [0, 0.05) is 29.8 Å². The largest absolute Gasteiger partial charge is 0.480 e. The van der Waals surface area contributed by atoms with Gasteiger partial charge in [-0.3, -0.25) is 14.6 Å². The minimum Gasteiger partial charge on any atom is -0.480 e. The normalized spacial score (nSPS) is 10.8. The number of ether oxygens (including phenoxy) is 1. The summed E-state index contributed by atoms with van der Waals surface area (Å²) in [6, 6.07) is 14.6. The van der Waals surface area contributed by atoms with E-state index in [0.717, 1.165) is 16.5 Å². The number of nitrogens with one attached hydrogen (secondary N) is 3. The van der Waals surface area contributed by atoms with Crippen molar-refractivity contribution in [3.05, 3.63) is 76.1 Å². The van der Waals surface area contributed by atoms with Gasteiger partial charge in [-0.05, 0) is 43.0 Å². The van der Waals surface area contributed by atoms with Gasteiger partial charge >= 0.3 is 17.7 Å². The molecule has 1 heterocycles. The number of guanidine groups is 1. The molecule has 0 aliphatic heterocycles. The first-order valence-electron chi connectivity index (χ1n) is 13.0. The number of aliphatic carboxylic acids is 1. The number of rotatable bonds is 12. The Kier molecular flexibility index (Phi) is 13.5. The van der Waals surface area contributed by atoms with Crippen molar-refractivity contribution >= 4 is 46.5 Å². The van der Waals surface area contributed by atoms with Gasteiger partial charge in [0.2, 0.25) is 11.8 Å². The summed E-state index contributed by atoms with van der Waals surface area (Å²) < 4.78 is 9.93. The third-order valence-electron chi connectivity index (χ3n) is 5.61. The number of nitrogens with zero attached hydrogens (tertiary/aromatic N) is 1. The molecule has 10 N–H and O–H groups in total. The Balaban J connectivity index is 0.000000407. The lowest BCUT2D eigenvalue weighted by Crippen LogP contribution is -2.47. The molecule has 1 atom stereocenters. The second-order valence-electron chi connectivity index (χ2n) is 9.10. The zero-order chi connectivity index (χ0) is 31.8. The molecular formula is C28H35N7O8. The highest BCUT2D eigenvalue weighted by Crippen LogP contribution is 2.18. The first kappa shape index (κ1) is 33.6. The smallest absolute Gasteiger partial charge is 0.407 e. The van der Waals surface area contributed by atoms with Crippen LogP contribution >= 0.6 is 0 Å². The lowest BCUT2D eigenvalue weighted by Gasteiger charge is -2.14. The summed E-state index contributed by atoms with van der Waals surface area (Å²) in [5.41, 5.74) is 18.4. The minimum atomic E-state index is -1.22. The first-order chi connectivity index (χ1) is 20.4. The van der Waals surface area contributed by atoms with Crippen LogP contribution in [0.4, 0.5) is 10.5 Å². The lowest BCUT2D eigenvalue weighted by atomic mass is 10.1. The van der Waals surface area contributed by atoms with Crippen molar-refractivity contribution in [1.29, 1.82) is 0 Å². The molecule has 0 radical (unpaired) electrons. The Bertz CT molecular complexity index is 1490. The lowest BCUT2D eigenvalue weighted by molar-refractivity contribution is -0.141. The summed E-state index contributed by atoms with van der Waals surface area (Å²) in [7, 11) is 0. The number of alkyl carbamates (subject to hydrolysis) is 1. The number of hydrogen-bond donors (Lipinski definition) is 7. The summed E-state index contributed by atoms with van der Waals surface area (Å²) in [5, 5.41) is 16.9. The number of carboxylic acid groups (broad SMARTS) is 1. The van der Waals surface area contributed by atoms with Crippen LogP contribution in [0.25, 0.3) is 11.0 Å². The van der Waals surface area contributed by atoms with Crippen molar-refractivity contribution in [2.75, 3.05) is 25.4 Å². The van der Waals surface area contributed by atoms with Crippen LogP contribution in [0.2, 0.25) is 0 Å². The van der Waals surface area contributed by atoms with E-state index in [9.17, 15) is 24.0 Å². The van der Waals surface area contributed by atoms with E-state index in [4.69, 9.17) is 31.5 Å². The molecule has 1 aromatic heterocycles. The van der Waals surface area contributed by atoms with Crippen molar-refractivity contribution in [3.8, 4) is 0 Å². The molecule has 3 aromatic rings. The fourth-order valence-electron chi connectivity index (χ4n) is 3.52. The first-order valence-corrected chi connectivity index (χ1v) is 13.0. The van der Waals surface area contributed by atoms with Crippen LogP contribution in [0.3, 0.4) is 0 Å². The third kappa shape index (κ3) is 13.1. The van der Waals surface area contributed by atoms with Crippen LogP contribution in [0.15, 0.2) is 68.8 Å². The third-order valence-corrected chi connectivity index (χ3v) is 5.61. The number of aliphatic imine (C=N–C) groups is 1. The molecule has 0 saturated heterocycles. The molecule has 43 heavy (non-hydrogen) atoms. The van der Waals surface area contributed by atoms with Crippen LogP contribution < -0.4 is 38.8 Å². The average Bonchev–Trinajstić information content (AvgIpc) is 2.95. The fourth-order valence-corrected chi connectivity index (χ4v) is 3.52. The number of hydrogen-bond acceptors (Lipinski definition) is 9. The molecule has 0 fully saturated rings. The number of anilines is 1. The molecule has 0 aliphatic rings. The topological polar surface area (TPSA) is 254 Å². The van der Waals surface area contributed by atoms with Crippen molar-refractivity contribution < 1.29 is 33.4 Å². The van der Waals surface area contributed by atoms with Crippen molar-refractivity contribution in [2.24, 2.45) is 16.5 Å². The summed E-state index contributed by atoms with van der Waals surface area (Å²) in [4.78, 5) is 61.0. The quantitative estimate of drug-likeness (QED) is 0.0492. The fraction of sp³-hybridized carbons (Fsp3) is 0.286. The van der Waals surface area contributed by atoms with E-state index in [-0.39, 0.29) is 31.2 Å². The van der Waals surface area contributed by atoms with Gasteiger partial charge in [-0.2, -0.15) is 0 Å². The highest BCUT2D eigenvalue weighted by Gasteiger charge is 2.19. The van der Waals surface area contributed by atoms with Gasteiger partial charge in [0.25, 0.3) is 0 Å². The summed E-state index contributed by atoms with van der Waals surface area (Å²) in [6.07, 6.45) is -0.331. The van der Waals surface area contributed by atoms with Crippen molar-refractivity contribution in [1.82, 2.24) is 16.0 Å². The summed E-state index contributed by atoms with van der Waals surface area (Å²) in [5.74, 6) is -2.65. The molecule has 0 saturated carbocycles. The monoisotopic (exact) mass is 597 g/mol. The SMILES string of the molecule is Cc1cc(=O)oc2cc(N)ccc12.NC(N)=NCCCC(NC(=O)CNC(=O)CNC(=O)OCc1ccccc1)C(=O)O. The van der Waals surface area contributed by atoms with Gasteiger partial charge < -0.3 is 47.4 Å². The molecule has 15 nitrogen and oxygen atoms in total. The molecular weight excluding hydrogens is 562 g/mol. The van der Waals surface area contributed by atoms with Crippen LogP contribution in [-0.4, -0.2) is 60.6 Å². The van der Waals surface area contributed by atoms with Gasteiger partial charge in [0.1, 0.15) is 24.8 Å². The molecule has 3 amide bonds. The number of nitrogens with two attached hydrogens (primary N) is 3. The van der Waals surface area contributed by atoms with Gasteiger partial charge in [-0.25, -0.2) is 14.4 Å². The van der Waals surface area contributed by atoms with E-state index in [1.54, 1.807) is 36.4 Å². The van der Waals surface area contributed by atoms with Gasteiger partial charge in [0.15, 0.2) is 5.96 Å². The number of nitrogen functional groups attached to an aromatic ring is 1. The van der Waals surface area contributed by atoms with Crippen molar-refractivity contribution in [2.45, 2.75) is 32.4 Å². The van der Waals surface area contributed by atoms with Crippen molar-refractivity contribution in [3.63, 3.8) is 0 Å². The minimum absolute atomic E-state index is 0.0520. The predicted molar refractivity (Wildman–Crippen MR) is 159 cm³/mol. The maximum absolute atomic E-state index is 11.8. The van der Waals surface area contributed by atoms with Crippen LogP contribution in [0, 0.1) is 6.92 Å². The van der Waals surface area contributed by atoms with E-state index in [0.29, 0.717) is 17.7 Å². The summed E-state index contributed by atoms with van der Waals surface area (Å²) in [6.45, 7) is 1.30. The molecule has 0 spiro atoms. The average molecular weight is 598 g/mol. The Morgan fingerprint density at radius 2 is 1.70 bits per heavy atom. The Morgan fingerprint density at radius 3 is 2.37 bits per heavy atom. The summed E-state index contributed by atoms with van der Waals surface area (Å²) >= 11 is 0. The number of carboxylic acids is 1. The number of amides is 3. The number of fused-ring (bicyclic) bond motifs is 1. The Morgan fingerprint density at radius 1 is 1.00 bits per heavy atom. The maximum Gasteiger partial charge on any atom is 0.407 e. The number of aryl methyl sites for hydroxylation is 1. The van der Waals surface area contributed by atoms with E-state index in [1.165, 1.54) is 6.07 Å². The molecule has 1 unspecified atom stereocenters. The van der Waals surface area contributed by atoms with Crippen LogP contribution in [0.1, 0.15) is 24.0 Å². The number of carbonyl (C=O) groups excluding carboxylic acids is 3. The molecule has 0 aliphatic carbocycles. The zero-order valence-corrected chi connectivity index (χ0v) is 23.5. The molecule has 0 bridgehead atoms. The molecule has 2 aromatic carbocycles. The Hall–Kier alpha value is -5.60. The highest BCUT2D eigenvalue weighted by atomic mass is 16.5. The molecule has 3 rings (SSSR count). The van der Waals surface area contributed by atoms with Gasteiger partial charge in [0.05, 0.1) is 6.54 Å². The zero-order valence-electron chi connectivity index (χ0n) is 23.5. The van der Waals surface area contributed by atoms with Gasteiger partial charge in [-0.1, -0.05) is 30.3 Å². The molecule has 230 valence electrons. The maximum atomic E-state index is 11.8. The van der Waals surface area contributed by atoms with E-state index >= 15 is 0 Å². The van der Waals surface area contributed by atoms with Crippen LogP contribution in [0.5, 0.6) is 0 Å². The van der Waals surface area contributed by atoms with E-state index in [2.05, 4.69) is 20.9 Å². The molecule has 15 heteroatoms. The van der Waals surface area contributed by atoms with E-state index in [1.807, 2.05) is 19.1 Å². The number of carbonyl (C=O) groups is 4.